The number of aromatic nitrogens is 3. The first-order valence-corrected chi connectivity index (χ1v) is 5.03. The lowest BCUT2D eigenvalue weighted by Crippen LogP contribution is -2.03. The standard InChI is InChI=1S/C11H14N4O/c1-3-4-12-10-8(7-16)5-13-9-6-15(2)14-11(9)10/h3,5-6,12,16H,1,4,7H2,2H3. The number of pyridine rings is 1. The molecule has 0 aliphatic heterocycles. The second-order valence-corrected chi connectivity index (χ2v) is 3.52. The molecule has 0 saturated heterocycles. The zero-order chi connectivity index (χ0) is 11.5. The summed E-state index contributed by atoms with van der Waals surface area (Å²) in [4.78, 5) is 4.23. The predicted octanol–water partition coefficient (Wildman–Crippen LogP) is 1.06. The topological polar surface area (TPSA) is 63.0 Å². The minimum absolute atomic E-state index is 0.0566. The van der Waals surface area contributed by atoms with Gasteiger partial charge in [-0.1, -0.05) is 6.08 Å². The van der Waals surface area contributed by atoms with Crippen LogP contribution in [0.25, 0.3) is 11.0 Å². The molecule has 84 valence electrons. The van der Waals surface area contributed by atoms with E-state index in [9.17, 15) is 5.11 Å². The number of hydrogen-bond acceptors (Lipinski definition) is 4. The van der Waals surface area contributed by atoms with E-state index in [0.29, 0.717) is 6.54 Å². The van der Waals surface area contributed by atoms with Crippen molar-refractivity contribution in [1.29, 1.82) is 0 Å². The summed E-state index contributed by atoms with van der Waals surface area (Å²) in [5.74, 6) is 0. The monoisotopic (exact) mass is 218 g/mol. The third-order valence-electron chi connectivity index (χ3n) is 2.32. The third kappa shape index (κ3) is 1.77. The molecule has 2 rings (SSSR count). The van der Waals surface area contributed by atoms with Gasteiger partial charge in [0.15, 0.2) is 0 Å². The van der Waals surface area contributed by atoms with Gasteiger partial charge in [-0.05, 0) is 0 Å². The Labute approximate surface area is 93.4 Å². The largest absolute Gasteiger partial charge is 0.392 e. The van der Waals surface area contributed by atoms with Gasteiger partial charge in [0.1, 0.15) is 11.0 Å². The first-order valence-electron chi connectivity index (χ1n) is 5.03. The van der Waals surface area contributed by atoms with E-state index in [-0.39, 0.29) is 6.61 Å². The molecule has 2 N–H and O–H groups in total. The molecule has 5 heteroatoms. The summed E-state index contributed by atoms with van der Waals surface area (Å²) in [6.07, 6.45) is 5.27. The van der Waals surface area contributed by atoms with Gasteiger partial charge in [0.25, 0.3) is 0 Å². The Bertz CT molecular complexity index is 518. The fraction of sp³-hybridized carbons (Fsp3) is 0.273. The van der Waals surface area contributed by atoms with Crippen molar-refractivity contribution in [2.45, 2.75) is 6.61 Å². The average Bonchev–Trinajstić information content (AvgIpc) is 2.66. The molecule has 2 aromatic rings. The van der Waals surface area contributed by atoms with E-state index in [4.69, 9.17) is 0 Å². The maximum atomic E-state index is 9.24. The maximum Gasteiger partial charge on any atom is 0.134 e. The van der Waals surface area contributed by atoms with E-state index < -0.39 is 0 Å². The van der Waals surface area contributed by atoms with Crippen LogP contribution in [-0.4, -0.2) is 26.4 Å². The molecule has 0 atom stereocenters. The van der Waals surface area contributed by atoms with Gasteiger partial charge in [-0.2, -0.15) is 5.10 Å². The Balaban J connectivity index is 2.57. The van der Waals surface area contributed by atoms with Crippen molar-refractivity contribution in [1.82, 2.24) is 14.8 Å². The van der Waals surface area contributed by atoms with Gasteiger partial charge in [0, 0.05) is 25.4 Å². The minimum Gasteiger partial charge on any atom is -0.392 e. The van der Waals surface area contributed by atoms with Crippen LogP contribution in [0.2, 0.25) is 0 Å². The van der Waals surface area contributed by atoms with Crippen LogP contribution in [0.5, 0.6) is 0 Å². The minimum atomic E-state index is -0.0566. The van der Waals surface area contributed by atoms with Crippen LogP contribution < -0.4 is 5.32 Å². The highest BCUT2D eigenvalue weighted by molar-refractivity contribution is 5.88. The molecule has 0 radical (unpaired) electrons. The Morgan fingerprint density at radius 3 is 3.12 bits per heavy atom. The number of anilines is 1. The van der Waals surface area contributed by atoms with Gasteiger partial charge < -0.3 is 10.4 Å². The van der Waals surface area contributed by atoms with Crippen LogP contribution in [0, 0.1) is 0 Å². The highest BCUT2D eigenvalue weighted by atomic mass is 16.3. The molecule has 0 amide bonds. The third-order valence-corrected chi connectivity index (χ3v) is 2.32. The molecule has 0 unspecified atom stereocenters. The number of hydrogen-bond donors (Lipinski definition) is 2. The molecule has 0 spiro atoms. The molecule has 2 heterocycles. The number of fused-ring (bicyclic) bond motifs is 1. The van der Waals surface area contributed by atoms with Crippen molar-refractivity contribution in [3.63, 3.8) is 0 Å². The molecule has 0 aliphatic rings. The van der Waals surface area contributed by atoms with Crippen LogP contribution in [-0.2, 0) is 13.7 Å². The summed E-state index contributed by atoms with van der Waals surface area (Å²) in [7, 11) is 1.84. The SMILES string of the molecule is C=CCNc1c(CO)cnc2cn(C)nc12. The van der Waals surface area contributed by atoms with E-state index in [1.807, 2.05) is 13.2 Å². The van der Waals surface area contributed by atoms with Crippen LogP contribution in [0.15, 0.2) is 25.0 Å². The molecule has 2 aromatic heterocycles. The van der Waals surface area contributed by atoms with E-state index in [2.05, 4.69) is 22.0 Å². The summed E-state index contributed by atoms with van der Waals surface area (Å²) in [6.45, 7) is 4.22. The lowest BCUT2D eigenvalue weighted by molar-refractivity contribution is 0.282. The second-order valence-electron chi connectivity index (χ2n) is 3.52. The lowest BCUT2D eigenvalue weighted by Gasteiger charge is -2.08. The molecule has 16 heavy (non-hydrogen) atoms. The van der Waals surface area contributed by atoms with Crippen LogP contribution in [0.3, 0.4) is 0 Å². The van der Waals surface area contributed by atoms with E-state index in [1.165, 1.54) is 0 Å². The van der Waals surface area contributed by atoms with E-state index in [1.54, 1.807) is 17.0 Å². The molecule has 0 aromatic carbocycles. The Hall–Kier alpha value is -1.88. The summed E-state index contributed by atoms with van der Waals surface area (Å²) in [5, 5.41) is 16.7. The number of nitrogens with zero attached hydrogens (tertiary/aromatic N) is 3. The Kier molecular flexibility index (Phi) is 2.87. The Morgan fingerprint density at radius 1 is 1.62 bits per heavy atom. The molecule has 5 nitrogen and oxygen atoms in total. The van der Waals surface area contributed by atoms with E-state index >= 15 is 0 Å². The summed E-state index contributed by atoms with van der Waals surface area (Å²) in [5.41, 5.74) is 3.16. The first kappa shape index (κ1) is 10.6. The van der Waals surface area contributed by atoms with Gasteiger partial charge in [-0.25, -0.2) is 0 Å². The fourth-order valence-electron chi connectivity index (χ4n) is 1.60. The number of nitrogens with one attached hydrogen (secondary N) is 1. The number of aliphatic hydroxyl groups excluding tert-OH is 1. The van der Waals surface area contributed by atoms with Crippen molar-refractivity contribution in [3.05, 3.63) is 30.6 Å². The smallest absolute Gasteiger partial charge is 0.134 e. The number of rotatable bonds is 4. The van der Waals surface area contributed by atoms with Crippen molar-refractivity contribution in [3.8, 4) is 0 Å². The summed E-state index contributed by atoms with van der Waals surface area (Å²) in [6, 6.07) is 0. The quantitative estimate of drug-likeness (QED) is 0.753. The molecule has 0 bridgehead atoms. The zero-order valence-corrected chi connectivity index (χ0v) is 9.14. The van der Waals surface area contributed by atoms with Gasteiger partial charge in [0.05, 0.1) is 18.5 Å². The molecule has 0 saturated carbocycles. The molecule has 0 aliphatic carbocycles. The number of aryl methyl sites for hydroxylation is 1. The van der Waals surface area contributed by atoms with Crippen LogP contribution in [0.1, 0.15) is 5.56 Å². The van der Waals surface area contributed by atoms with Gasteiger partial charge in [-0.3, -0.25) is 9.67 Å². The molecular weight excluding hydrogens is 204 g/mol. The summed E-state index contributed by atoms with van der Waals surface area (Å²) >= 11 is 0. The average molecular weight is 218 g/mol. The van der Waals surface area contributed by atoms with Crippen LogP contribution in [0.4, 0.5) is 5.69 Å². The van der Waals surface area contributed by atoms with Crippen molar-refractivity contribution >= 4 is 16.7 Å². The normalized spacial score (nSPS) is 10.6. The number of aliphatic hydroxyl groups is 1. The first-order chi connectivity index (χ1) is 7.76. The Morgan fingerprint density at radius 2 is 2.44 bits per heavy atom. The molecule has 0 fully saturated rings. The van der Waals surface area contributed by atoms with Crippen molar-refractivity contribution < 1.29 is 5.11 Å². The maximum absolute atomic E-state index is 9.24. The van der Waals surface area contributed by atoms with Gasteiger partial charge >= 0.3 is 0 Å². The molecular formula is C11H14N4O. The van der Waals surface area contributed by atoms with Crippen molar-refractivity contribution in [2.75, 3.05) is 11.9 Å². The predicted molar refractivity (Wildman–Crippen MR) is 63.1 cm³/mol. The van der Waals surface area contributed by atoms with Crippen molar-refractivity contribution in [2.24, 2.45) is 7.05 Å². The second kappa shape index (κ2) is 4.32. The highest BCUT2D eigenvalue weighted by Gasteiger charge is 2.10. The van der Waals surface area contributed by atoms with Crippen LogP contribution >= 0.6 is 0 Å². The highest BCUT2D eigenvalue weighted by Crippen LogP contribution is 2.24. The fourth-order valence-corrected chi connectivity index (χ4v) is 1.60. The van der Waals surface area contributed by atoms with Gasteiger partial charge in [-0.15, -0.1) is 6.58 Å². The lowest BCUT2D eigenvalue weighted by atomic mass is 10.2. The van der Waals surface area contributed by atoms with Gasteiger partial charge in [0.2, 0.25) is 0 Å². The summed E-state index contributed by atoms with van der Waals surface area (Å²) < 4.78 is 1.71. The zero-order valence-electron chi connectivity index (χ0n) is 9.14. The van der Waals surface area contributed by atoms with E-state index in [0.717, 1.165) is 22.3 Å².